The molecule has 0 spiro atoms. The van der Waals surface area contributed by atoms with Crippen LogP contribution >= 0.6 is 0 Å². The highest BCUT2D eigenvalue weighted by atomic mass is 32.2. The third kappa shape index (κ3) is 5.27. The standard InChI is InChI=1S/C24H27N3O4S/c1-18-16-21(27-12-14-31-15-13-27)7-9-23(18)26-24(28)10-11-25-32(29,30)22-8-6-19-4-2-3-5-20(19)17-22/h2-9,16-17,25H,10-15H2,1H3,(H,26,28). The molecule has 0 atom stereocenters. The molecule has 1 fully saturated rings. The SMILES string of the molecule is Cc1cc(N2CCOCC2)ccc1NC(=O)CCNS(=O)(=O)c1ccc2ccccc2c1. The van der Waals surface area contributed by atoms with Gasteiger partial charge in [0, 0.05) is 37.4 Å². The number of ether oxygens (including phenoxy) is 1. The van der Waals surface area contributed by atoms with Crippen LogP contribution in [0.25, 0.3) is 10.8 Å². The van der Waals surface area contributed by atoms with Gasteiger partial charge in [-0.2, -0.15) is 0 Å². The highest BCUT2D eigenvalue weighted by Crippen LogP contribution is 2.24. The van der Waals surface area contributed by atoms with E-state index in [-0.39, 0.29) is 23.8 Å². The zero-order valence-corrected chi connectivity index (χ0v) is 18.8. The highest BCUT2D eigenvalue weighted by Gasteiger charge is 2.16. The van der Waals surface area contributed by atoms with Gasteiger partial charge in [-0.1, -0.05) is 30.3 Å². The molecule has 1 aliphatic heterocycles. The third-order valence-corrected chi connectivity index (χ3v) is 6.99. The van der Waals surface area contributed by atoms with E-state index < -0.39 is 10.0 Å². The number of carbonyl (C=O) groups is 1. The molecule has 2 N–H and O–H groups in total. The molecule has 0 aliphatic carbocycles. The Morgan fingerprint density at radius 3 is 2.50 bits per heavy atom. The molecule has 3 aromatic rings. The van der Waals surface area contributed by atoms with Gasteiger partial charge in [0.25, 0.3) is 0 Å². The lowest BCUT2D eigenvalue weighted by Crippen LogP contribution is -2.36. The number of morpholine rings is 1. The quantitative estimate of drug-likeness (QED) is 0.573. The van der Waals surface area contributed by atoms with Gasteiger partial charge in [-0.25, -0.2) is 13.1 Å². The van der Waals surface area contributed by atoms with Gasteiger partial charge in [0.2, 0.25) is 15.9 Å². The number of hydrogen-bond donors (Lipinski definition) is 2. The summed E-state index contributed by atoms with van der Waals surface area (Å²) < 4.78 is 33.1. The number of fused-ring (bicyclic) bond motifs is 1. The van der Waals surface area contributed by atoms with Crippen LogP contribution in [0, 0.1) is 6.92 Å². The van der Waals surface area contributed by atoms with E-state index >= 15 is 0 Å². The van der Waals surface area contributed by atoms with Gasteiger partial charge >= 0.3 is 0 Å². The summed E-state index contributed by atoms with van der Waals surface area (Å²) in [5, 5.41) is 4.70. The van der Waals surface area contributed by atoms with Crippen molar-refractivity contribution in [3.05, 3.63) is 66.2 Å². The van der Waals surface area contributed by atoms with Gasteiger partial charge in [-0.05, 0) is 53.6 Å². The van der Waals surface area contributed by atoms with Gasteiger partial charge in [0.15, 0.2) is 0 Å². The maximum atomic E-state index is 12.6. The Morgan fingerprint density at radius 2 is 1.75 bits per heavy atom. The average Bonchev–Trinajstić information content (AvgIpc) is 2.80. The van der Waals surface area contributed by atoms with Crippen LogP contribution < -0.4 is 14.9 Å². The molecule has 0 radical (unpaired) electrons. The van der Waals surface area contributed by atoms with Crippen molar-refractivity contribution in [3.8, 4) is 0 Å². The van der Waals surface area contributed by atoms with Crippen LogP contribution in [-0.2, 0) is 19.6 Å². The average molecular weight is 454 g/mol. The smallest absolute Gasteiger partial charge is 0.240 e. The van der Waals surface area contributed by atoms with Crippen LogP contribution in [-0.4, -0.2) is 47.2 Å². The molecular formula is C24H27N3O4S. The first kappa shape index (κ1) is 22.3. The maximum Gasteiger partial charge on any atom is 0.240 e. The molecule has 3 aromatic carbocycles. The zero-order valence-electron chi connectivity index (χ0n) is 18.0. The molecule has 1 saturated heterocycles. The number of aryl methyl sites for hydroxylation is 1. The van der Waals surface area contributed by atoms with Gasteiger partial charge in [0.1, 0.15) is 0 Å². The van der Waals surface area contributed by atoms with Crippen LogP contribution in [0.3, 0.4) is 0 Å². The van der Waals surface area contributed by atoms with E-state index in [9.17, 15) is 13.2 Å². The molecule has 1 amide bonds. The minimum Gasteiger partial charge on any atom is -0.378 e. The van der Waals surface area contributed by atoms with Crippen molar-refractivity contribution in [2.24, 2.45) is 0 Å². The molecule has 8 heteroatoms. The fraction of sp³-hybridized carbons (Fsp3) is 0.292. The van der Waals surface area contributed by atoms with E-state index in [0.717, 1.165) is 40.8 Å². The van der Waals surface area contributed by atoms with Crippen molar-refractivity contribution in [1.82, 2.24) is 4.72 Å². The summed E-state index contributed by atoms with van der Waals surface area (Å²) in [6, 6.07) is 18.5. The van der Waals surface area contributed by atoms with Gasteiger partial charge in [-0.3, -0.25) is 4.79 Å². The van der Waals surface area contributed by atoms with E-state index in [1.807, 2.05) is 49.4 Å². The monoisotopic (exact) mass is 453 g/mol. The van der Waals surface area contributed by atoms with Crippen LogP contribution in [0.4, 0.5) is 11.4 Å². The molecule has 1 heterocycles. The van der Waals surface area contributed by atoms with Crippen molar-refractivity contribution < 1.29 is 17.9 Å². The molecule has 0 aromatic heterocycles. The second-order valence-electron chi connectivity index (χ2n) is 7.80. The summed E-state index contributed by atoms with van der Waals surface area (Å²) >= 11 is 0. The Bertz CT molecular complexity index is 1220. The molecule has 0 saturated carbocycles. The number of sulfonamides is 1. The van der Waals surface area contributed by atoms with Crippen LogP contribution in [0.15, 0.2) is 65.6 Å². The molecule has 32 heavy (non-hydrogen) atoms. The van der Waals surface area contributed by atoms with Crippen LogP contribution in [0.1, 0.15) is 12.0 Å². The van der Waals surface area contributed by atoms with Crippen LogP contribution in [0.5, 0.6) is 0 Å². The van der Waals surface area contributed by atoms with Gasteiger partial charge in [-0.15, -0.1) is 0 Å². The lowest BCUT2D eigenvalue weighted by atomic mass is 10.1. The minimum atomic E-state index is -3.69. The number of hydrogen-bond acceptors (Lipinski definition) is 5. The van der Waals surface area contributed by atoms with E-state index in [2.05, 4.69) is 14.9 Å². The van der Waals surface area contributed by atoms with Crippen molar-refractivity contribution in [1.29, 1.82) is 0 Å². The van der Waals surface area contributed by atoms with Crippen molar-refractivity contribution in [3.63, 3.8) is 0 Å². The molecule has 0 unspecified atom stereocenters. The lowest BCUT2D eigenvalue weighted by Gasteiger charge is -2.29. The Hall–Kier alpha value is -2.94. The molecular weight excluding hydrogens is 426 g/mol. The lowest BCUT2D eigenvalue weighted by molar-refractivity contribution is -0.116. The second kappa shape index (κ2) is 9.68. The third-order valence-electron chi connectivity index (χ3n) is 5.54. The van der Waals surface area contributed by atoms with Crippen molar-refractivity contribution >= 4 is 38.1 Å². The second-order valence-corrected chi connectivity index (χ2v) is 9.57. The first-order chi connectivity index (χ1) is 15.4. The predicted molar refractivity (Wildman–Crippen MR) is 127 cm³/mol. The molecule has 0 bridgehead atoms. The Balaban J connectivity index is 1.32. The summed E-state index contributed by atoms with van der Waals surface area (Å²) in [6.45, 7) is 5.10. The van der Waals surface area contributed by atoms with E-state index in [0.29, 0.717) is 13.2 Å². The zero-order chi connectivity index (χ0) is 22.6. The summed E-state index contributed by atoms with van der Waals surface area (Å²) in [6.07, 6.45) is 0.0392. The number of nitrogens with zero attached hydrogens (tertiary/aromatic N) is 1. The summed E-state index contributed by atoms with van der Waals surface area (Å²) in [4.78, 5) is 14.8. The minimum absolute atomic E-state index is 0.0197. The number of amides is 1. The fourth-order valence-corrected chi connectivity index (χ4v) is 4.80. The van der Waals surface area contributed by atoms with E-state index in [1.54, 1.807) is 18.2 Å². The molecule has 7 nitrogen and oxygen atoms in total. The van der Waals surface area contributed by atoms with Crippen molar-refractivity contribution in [2.45, 2.75) is 18.2 Å². The van der Waals surface area contributed by atoms with E-state index in [1.165, 1.54) is 0 Å². The highest BCUT2D eigenvalue weighted by molar-refractivity contribution is 7.89. The van der Waals surface area contributed by atoms with E-state index in [4.69, 9.17) is 4.74 Å². The normalized spacial score (nSPS) is 14.5. The van der Waals surface area contributed by atoms with Crippen LogP contribution in [0.2, 0.25) is 0 Å². The molecule has 1 aliphatic rings. The number of carbonyl (C=O) groups excluding carboxylic acids is 1. The molecule has 4 rings (SSSR count). The Labute approximate surface area is 188 Å². The number of rotatable bonds is 7. The Morgan fingerprint density at radius 1 is 1.00 bits per heavy atom. The number of benzene rings is 3. The molecule has 168 valence electrons. The van der Waals surface area contributed by atoms with Gasteiger partial charge < -0.3 is 15.0 Å². The Kier molecular flexibility index (Phi) is 6.74. The predicted octanol–water partition coefficient (Wildman–Crippen LogP) is 3.29. The topological polar surface area (TPSA) is 87.7 Å². The summed E-state index contributed by atoms with van der Waals surface area (Å²) in [5.41, 5.74) is 2.79. The largest absolute Gasteiger partial charge is 0.378 e. The summed E-state index contributed by atoms with van der Waals surface area (Å²) in [7, 11) is -3.69. The first-order valence-electron chi connectivity index (χ1n) is 10.6. The van der Waals surface area contributed by atoms with Crippen molar-refractivity contribution in [2.75, 3.05) is 43.1 Å². The summed E-state index contributed by atoms with van der Waals surface area (Å²) in [5.74, 6) is -0.242. The number of anilines is 2. The van der Waals surface area contributed by atoms with Gasteiger partial charge in [0.05, 0.1) is 18.1 Å². The maximum absolute atomic E-state index is 12.6. The fourth-order valence-electron chi connectivity index (χ4n) is 3.74. The first-order valence-corrected chi connectivity index (χ1v) is 12.1. The number of nitrogens with one attached hydrogen (secondary N) is 2.